The maximum atomic E-state index is 12.6. The number of hydrogen-bond donors (Lipinski definition) is 1. The van der Waals surface area contributed by atoms with Crippen LogP contribution in [0.4, 0.5) is 0 Å². The first-order valence-electron chi connectivity index (χ1n) is 8.74. The van der Waals surface area contributed by atoms with Gasteiger partial charge in [-0.3, -0.25) is 4.79 Å². The molecule has 5 nitrogen and oxygen atoms in total. The Morgan fingerprint density at radius 3 is 2.35 bits per heavy atom. The lowest BCUT2D eigenvalue weighted by molar-refractivity contribution is -0.128. The van der Waals surface area contributed by atoms with E-state index < -0.39 is 6.10 Å². The van der Waals surface area contributed by atoms with Crippen LogP contribution in [-0.4, -0.2) is 26.2 Å². The first-order valence-corrected chi connectivity index (χ1v) is 8.74. The van der Waals surface area contributed by atoms with E-state index in [0.717, 1.165) is 17.5 Å². The number of benzene rings is 2. The van der Waals surface area contributed by atoms with Crippen molar-refractivity contribution in [1.82, 2.24) is 5.32 Å². The second-order valence-corrected chi connectivity index (χ2v) is 6.11. The van der Waals surface area contributed by atoms with Gasteiger partial charge in [-0.15, -0.1) is 0 Å². The minimum Gasteiger partial charge on any atom is -0.493 e. The molecule has 0 saturated carbocycles. The summed E-state index contributed by atoms with van der Waals surface area (Å²) in [4.78, 5) is 12.6. The number of methoxy groups -OCH3 is 2. The molecule has 1 N–H and O–H groups in total. The van der Waals surface area contributed by atoms with E-state index in [1.807, 2.05) is 56.3 Å². The molecule has 0 spiro atoms. The van der Waals surface area contributed by atoms with Crippen molar-refractivity contribution in [2.45, 2.75) is 39.3 Å². The Bertz CT molecular complexity index is 745. The average Bonchev–Trinajstić information content (AvgIpc) is 2.67. The third-order valence-corrected chi connectivity index (χ3v) is 4.30. The zero-order chi connectivity index (χ0) is 19.1. The minimum absolute atomic E-state index is 0.134. The van der Waals surface area contributed by atoms with Gasteiger partial charge in [-0.2, -0.15) is 0 Å². The van der Waals surface area contributed by atoms with Gasteiger partial charge in [0.15, 0.2) is 17.6 Å². The third kappa shape index (κ3) is 4.69. The molecule has 2 rings (SSSR count). The molecule has 0 bridgehead atoms. The molecule has 1 amide bonds. The van der Waals surface area contributed by atoms with Gasteiger partial charge in [-0.25, -0.2) is 0 Å². The number of nitrogens with one attached hydrogen (secondary N) is 1. The van der Waals surface area contributed by atoms with Crippen LogP contribution in [0.5, 0.6) is 17.2 Å². The summed E-state index contributed by atoms with van der Waals surface area (Å²) in [6.07, 6.45) is 0.156. The van der Waals surface area contributed by atoms with E-state index in [0.29, 0.717) is 17.2 Å². The number of para-hydroxylation sites is 1. The molecular weight excluding hydrogens is 330 g/mol. The standard InChI is InChI=1S/C21H27NO4/c1-6-17(16-11-12-19(24-4)20(13-16)25-5)22-21(23)15(3)26-18-10-8-7-9-14(18)2/h7-13,15,17H,6H2,1-5H3,(H,22,23)/t15-,17-/m0/s1. The van der Waals surface area contributed by atoms with Gasteiger partial charge in [0.25, 0.3) is 5.91 Å². The van der Waals surface area contributed by atoms with Crippen LogP contribution in [-0.2, 0) is 4.79 Å². The minimum atomic E-state index is -0.592. The van der Waals surface area contributed by atoms with Crippen molar-refractivity contribution in [3.63, 3.8) is 0 Å². The highest BCUT2D eigenvalue weighted by Crippen LogP contribution is 2.31. The number of rotatable bonds is 8. The first kappa shape index (κ1) is 19.6. The predicted molar refractivity (Wildman–Crippen MR) is 102 cm³/mol. The Morgan fingerprint density at radius 1 is 1.04 bits per heavy atom. The van der Waals surface area contributed by atoms with Crippen molar-refractivity contribution >= 4 is 5.91 Å². The molecule has 0 unspecified atom stereocenters. The lowest BCUT2D eigenvalue weighted by atomic mass is 10.0. The van der Waals surface area contributed by atoms with Crippen LogP contribution in [0, 0.1) is 6.92 Å². The number of carbonyl (C=O) groups is 1. The fourth-order valence-corrected chi connectivity index (χ4v) is 2.71. The van der Waals surface area contributed by atoms with Gasteiger partial charge in [-0.1, -0.05) is 31.2 Å². The Labute approximate surface area is 155 Å². The van der Waals surface area contributed by atoms with Crippen LogP contribution in [0.25, 0.3) is 0 Å². The smallest absolute Gasteiger partial charge is 0.261 e. The molecular formula is C21H27NO4. The van der Waals surface area contributed by atoms with Gasteiger partial charge >= 0.3 is 0 Å². The van der Waals surface area contributed by atoms with Crippen LogP contribution in [0.2, 0.25) is 0 Å². The van der Waals surface area contributed by atoms with Crippen molar-refractivity contribution in [3.8, 4) is 17.2 Å². The predicted octanol–water partition coefficient (Wildman–Crippen LogP) is 4.05. The maximum Gasteiger partial charge on any atom is 0.261 e. The van der Waals surface area contributed by atoms with Crippen molar-refractivity contribution < 1.29 is 19.0 Å². The Kier molecular flexibility index (Phi) is 6.89. The number of hydrogen-bond acceptors (Lipinski definition) is 4. The SMILES string of the molecule is CC[C@H](NC(=O)[C@H](C)Oc1ccccc1C)c1ccc(OC)c(OC)c1. The van der Waals surface area contributed by atoms with Gasteiger partial charge < -0.3 is 19.5 Å². The number of amides is 1. The Morgan fingerprint density at radius 2 is 1.73 bits per heavy atom. The van der Waals surface area contributed by atoms with Gasteiger partial charge in [0.2, 0.25) is 0 Å². The lowest BCUT2D eigenvalue weighted by Gasteiger charge is -2.22. The van der Waals surface area contributed by atoms with Crippen LogP contribution in [0.15, 0.2) is 42.5 Å². The summed E-state index contributed by atoms with van der Waals surface area (Å²) in [7, 11) is 3.19. The topological polar surface area (TPSA) is 56.8 Å². The fourth-order valence-electron chi connectivity index (χ4n) is 2.71. The number of carbonyl (C=O) groups excluding carboxylic acids is 1. The van der Waals surface area contributed by atoms with Crippen LogP contribution < -0.4 is 19.5 Å². The molecule has 2 atom stereocenters. The van der Waals surface area contributed by atoms with Crippen LogP contribution in [0.3, 0.4) is 0 Å². The average molecular weight is 357 g/mol. The Hall–Kier alpha value is -2.69. The molecule has 0 aliphatic heterocycles. The number of ether oxygens (including phenoxy) is 3. The monoisotopic (exact) mass is 357 g/mol. The fraction of sp³-hybridized carbons (Fsp3) is 0.381. The molecule has 0 aromatic heterocycles. The molecule has 2 aromatic rings. The number of aryl methyl sites for hydroxylation is 1. The molecule has 26 heavy (non-hydrogen) atoms. The summed E-state index contributed by atoms with van der Waals surface area (Å²) in [5.74, 6) is 1.86. The molecule has 0 saturated heterocycles. The van der Waals surface area contributed by atoms with Crippen molar-refractivity contribution in [2.24, 2.45) is 0 Å². The first-order chi connectivity index (χ1) is 12.5. The molecule has 0 aliphatic rings. The lowest BCUT2D eigenvalue weighted by Crippen LogP contribution is -2.38. The zero-order valence-corrected chi connectivity index (χ0v) is 16.0. The summed E-state index contributed by atoms with van der Waals surface area (Å²) < 4.78 is 16.4. The summed E-state index contributed by atoms with van der Waals surface area (Å²) in [6, 6.07) is 13.2. The van der Waals surface area contributed by atoms with Crippen LogP contribution >= 0.6 is 0 Å². The summed E-state index contributed by atoms with van der Waals surface area (Å²) in [5.41, 5.74) is 1.96. The van der Waals surface area contributed by atoms with Gasteiger partial charge in [0.05, 0.1) is 20.3 Å². The molecule has 2 aromatic carbocycles. The summed E-state index contributed by atoms with van der Waals surface area (Å²) in [5, 5.41) is 3.05. The molecule has 0 fully saturated rings. The van der Waals surface area contributed by atoms with Crippen LogP contribution in [0.1, 0.15) is 37.4 Å². The van der Waals surface area contributed by atoms with E-state index in [-0.39, 0.29) is 11.9 Å². The van der Waals surface area contributed by atoms with E-state index in [4.69, 9.17) is 14.2 Å². The highest BCUT2D eigenvalue weighted by molar-refractivity contribution is 5.81. The molecule has 5 heteroatoms. The van der Waals surface area contributed by atoms with E-state index in [1.165, 1.54) is 0 Å². The van der Waals surface area contributed by atoms with Crippen molar-refractivity contribution in [1.29, 1.82) is 0 Å². The zero-order valence-electron chi connectivity index (χ0n) is 16.0. The normalized spacial score (nSPS) is 12.8. The van der Waals surface area contributed by atoms with Gasteiger partial charge in [-0.05, 0) is 49.6 Å². The second-order valence-electron chi connectivity index (χ2n) is 6.11. The molecule has 0 aliphatic carbocycles. The van der Waals surface area contributed by atoms with E-state index in [2.05, 4.69) is 5.32 Å². The highest BCUT2D eigenvalue weighted by atomic mass is 16.5. The van der Waals surface area contributed by atoms with Crippen molar-refractivity contribution in [3.05, 3.63) is 53.6 Å². The van der Waals surface area contributed by atoms with Crippen molar-refractivity contribution in [2.75, 3.05) is 14.2 Å². The molecule has 140 valence electrons. The van der Waals surface area contributed by atoms with E-state index in [9.17, 15) is 4.79 Å². The van der Waals surface area contributed by atoms with E-state index >= 15 is 0 Å². The van der Waals surface area contributed by atoms with E-state index in [1.54, 1.807) is 21.1 Å². The molecule has 0 heterocycles. The van der Waals surface area contributed by atoms with Gasteiger partial charge in [0, 0.05) is 0 Å². The Balaban J connectivity index is 2.09. The highest BCUT2D eigenvalue weighted by Gasteiger charge is 2.20. The third-order valence-electron chi connectivity index (χ3n) is 4.30. The second kappa shape index (κ2) is 9.13. The molecule has 0 radical (unpaired) electrons. The van der Waals surface area contributed by atoms with Gasteiger partial charge in [0.1, 0.15) is 5.75 Å². The maximum absolute atomic E-state index is 12.6. The largest absolute Gasteiger partial charge is 0.493 e. The quantitative estimate of drug-likeness (QED) is 0.774. The summed E-state index contributed by atoms with van der Waals surface area (Å²) in [6.45, 7) is 5.73. The summed E-state index contributed by atoms with van der Waals surface area (Å²) >= 11 is 0.